The minimum absolute atomic E-state index is 0.0605. The number of furan rings is 1. The second-order valence-corrected chi connectivity index (χ2v) is 6.10. The number of aryl methyl sites for hydroxylation is 1. The molecule has 0 unspecified atom stereocenters. The molecule has 0 aliphatic carbocycles. The maximum atomic E-state index is 14.4. The minimum Gasteiger partial charge on any atom is -0.465 e. The average Bonchev–Trinajstić information content (AvgIpc) is 2.81. The number of rotatable bonds is 5. The Labute approximate surface area is 124 Å². The molecule has 21 heavy (non-hydrogen) atoms. The maximum absolute atomic E-state index is 14.4. The van der Waals surface area contributed by atoms with E-state index in [1.54, 1.807) is 12.3 Å². The van der Waals surface area contributed by atoms with Crippen LogP contribution in [-0.4, -0.2) is 10.5 Å². The highest BCUT2D eigenvalue weighted by molar-refractivity contribution is 5.40. The summed E-state index contributed by atoms with van der Waals surface area (Å²) in [6.07, 6.45) is 1.61. The molecule has 2 N–H and O–H groups in total. The largest absolute Gasteiger partial charge is 0.465 e. The number of nitrogens with zero attached hydrogens (tertiary/aromatic N) is 1. The smallest absolute Gasteiger partial charge is 0.169 e. The number of hydrogen-bond donors (Lipinski definition) is 2. The van der Waals surface area contributed by atoms with Crippen molar-refractivity contribution in [3.05, 3.63) is 47.3 Å². The Kier molecular flexibility index (Phi) is 4.63. The molecule has 2 rings (SSSR count). The van der Waals surface area contributed by atoms with E-state index in [0.29, 0.717) is 18.7 Å². The van der Waals surface area contributed by atoms with Gasteiger partial charge in [-0.2, -0.15) is 0 Å². The highest BCUT2D eigenvalue weighted by Gasteiger charge is 2.13. The van der Waals surface area contributed by atoms with Gasteiger partial charge in [-0.25, -0.2) is 9.37 Å². The van der Waals surface area contributed by atoms with Crippen LogP contribution in [0.5, 0.6) is 0 Å². The van der Waals surface area contributed by atoms with Gasteiger partial charge in [-0.1, -0.05) is 0 Å². The molecule has 5 heteroatoms. The maximum Gasteiger partial charge on any atom is 0.169 e. The predicted octanol–water partition coefficient (Wildman–Crippen LogP) is 3.62. The standard InChI is InChI=1S/C16H22FN3O/c1-11-5-6-13(21-11)10-19-15-14(17)12(7-8-18-15)9-20-16(2,3)4/h5-8,20H,9-10H2,1-4H3,(H,18,19). The number of hydrogen-bond acceptors (Lipinski definition) is 4. The van der Waals surface area contributed by atoms with Crippen LogP contribution < -0.4 is 10.6 Å². The van der Waals surface area contributed by atoms with Crippen molar-refractivity contribution in [3.63, 3.8) is 0 Å². The monoisotopic (exact) mass is 291 g/mol. The summed E-state index contributed by atoms with van der Waals surface area (Å²) in [6, 6.07) is 5.44. The van der Waals surface area contributed by atoms with Crippen molar-refractivity contribution in [2.75, 3.05) is 5.32 Å². The summed E-state index contributed by atoms with van der Waals surface area (Å²) in [6.45, 7) is 8.89. The van der Waals surface area contributed by atoms with Crippen LogP contribution in [0.2, 0.25) is 0 Å². The van der Waals surface area contributed by atoms with Crippen molar-refractivity contribution in [2.45, 2.75) is 46.3 Å². The van der Waals surface area contributed by atoms with Crippen molar-refractivity contribution in [1.29, 1.82) is 0 Å². The van der Waals surface area contributed by atoms with E-state index < -0.39 is 0 Å². The molecule has 0 spiro atoms. The lowest BCUT2D eigenvalue weighted by Gasteiger charge is -2.21. The molecule has 2 heterocycles. The van der Waals surface area contributed by atoms with Crippen molar-refractivity contribution < 1.29 is 8.81 Å². The molecule has 0 atom stereocenters. The first-order valence-corrected chi connectivity index (χ1v) is 7.03. The summed E-state index contributed by atoms with van der Waals surface area (Å²) < 4.78 is 19.8. The van der Waals surface area contributed by atoms with E-state index in [2.05, 4.69) is 15.6 Å². The number of halogens is 1. The number of anilines is 1. The van der Waals surface area contributed by atoms with Gasteiger partial charge in [-0.05, 0) is 45.9 Å². The van der Waals surface area contributed by atoms with E-state index in [1.165, 1.54) is 0 Å². The van der Waals surface area contributed by atoms with Crippen LogP contribution in [-0.2, 0) is 13.1 Å². The van der Waals surface area contributed by atoms with Crippen molar-refractivity contribution >= 4 is 5.82 Å². The van der Waals surface area contributed by atoms with Crippen LogP contribution in [0.25, 0.3) is 0 Å². The first-order valence-electron chi connectivity index (χ1n) is 7.03. The minimum atomic E-state index is -0.322. The molecular formula is C16H22FN3O. The number of nitrogens with one attached hydrogen (secondary N) is 2. The van der Waals surface area contributed by atoms with Gasteiger partial charge >= 0.3 is 0 Å². The molecule has 0 amide bonds. The van der Waals surface area contributed by atoms with Gasteiger partial charge in [0.05, 0.1) is 6.54 Å². The molecule has 0 aliphatic heterocycles. The second kappa shape index (κ2) is 6.26. The Morgan fingerprint density at radius 1 is 1.19 bits per heavy atom. The second-order valence-electron chi connectivity index (χ2n) is 6.10. The lowest BCUT2D eigenvalue weighted by Crippen LogP contribution is -2.35. The molecule has 0 radical (unpaired) electrons. The van der Waals surface area contributed by atoms with Gasteiger partial charge in [0.25, 0.3) is 0 Å². The fraction of sp³-hybridized carbons (Fsp3) is 0.438. The zero-order valence-electron chi connectivity index (χ0n) is 13.0. The molecule has 114 valence electrons. The first-order chi connectivity index (χ1) is 9.85. The summed E-state index contributed by atoms with van der Waals surface area (Å²) >= 11 is 0. The van der Waals surface area contributed by atoms with Crippen LogP contribution in [0.15, 0.2) is 28.8 Å². The first kappa shape index (κ1) is 15.5. The van der Waals surface area contributed by atoms with E-state index in [1.807, 2.05) is 39.8 Å². The zero-order valence-corrected chi connectivity index (χ0v) is 13.0. The Bertz CT molecular complexity index is 602. The Morgan fingerprint density at radius 3 is 2.57 bits per heavy atom. The van der Waals surface area contributed by atoms with Crippen LogP contribution in [0.1, 0.15) is 37.9 Å². The lowest BCUT2D eigenvalue weighted by atomic mass is 10.1. The molecule has 2 aromatic heterocycles. The topological polar surface area (TPSA) is 50.1 Å². The third kappa shape index (κ3) is 4.56. The van der Waals surface area contributed by atoms with E-state index in [0.717, 1.165) is 11.5 Å². The highest BCUT2D eigenvalue weighted by Crippen LogP contribution is 2.17. The summed E-state index contributed by atoms with van der Waals surface area (Å²) in [5.41, 5.74) is 0.535. The van der Waals surface area contributed by atoms with Gasteiger partial charge in [-0.15, -0.1) is 0 Å². The van der Waals surface area contributed by atoms with Gasteiger partial charge in [0.2, 0.25) is 0 Å². The molecule has 0 saturated heterocycles. The zero-order chi connectivity index (χ0) is 15.5. The van der Waals surface area contributed by atoms with Crippen molar-refractivity contribution in [1.82, 2.24) is 10.3 Å². The van der Waals surface area contributed by atoms with Crippen LogP contribution >= 0.6 is 0 Å². The molecule has 0 bridgehead atoms. The number of aromatic nitrogens is 1. The molecule has 0 saturated carbocycles. The third-order valence-corrected chi connectivity index (χ3v) is 3.00. The average molecular weight is 291 g/mol. The van der Waals surface area contributed by atoms with Gasteiger partial charge in [0, 0.05) is 23.8 Å². The molecular weight excluding hydrogens is 269 g/mol. The van der Waals surface area contributed by atoms with Gasteiger partial charge in [0.1, 0.15) is 11.5 Å². The Balaban J connectivity index is 2.03. The lowest BCUT2D eigenvalue weighted by molar-refractivity contribution is 0.418. The molecule has 0 aliphatic rings. The van der Waals surface area contributed by atoms with Crippen LogP contribution in [0, 0.1) is 12.7 Å². The number of pyridine rings is 1. The van der Waals surface area contributed by atoms with E-state index in [9.17, 15) is 4.39 Å². The van der Waals surface area contributed by atoms with E-state index in [-0.39, 0.29) is 17.2 Å². The molecule has 2 aromatic rings. The third-order valence-electron chi connectivity index (χ3n) is 3.00. The van der Waals surface area contributed by atoms with Gasteiger partial charge < -0.3 is 15.1 Å². The van der Waals surface area contributed by atoms with Gasteiger partial charge in [0.15, 0.2) is 11.6 Å². The fourth-order valence-electron chi connectivity index (χ4n) is 1.85. The van der Waals surface area contributed by atoms with Crippen molar-refractivity contribution in [2.24, 2.45) is 0 Å². The summed E-state index contributed by atoms with van der Waals surface area (Å²) in [7, 11) is 0. The van der Waals surface area contributed by atoms with Crippen molar-refractivity contribution in [3.8, 4) is 0 Å². The predicted molar refractivity (Wildman–Crippen MR) is 81.6 cm³/mol. The summed E-state index contributed by atoms with van der Waals surface area (Å²) in [5.74, 6) is 1.52. The normalized spacial score (nSPS) is 11.7. The Morgan fingerprint density at radius 2 is 1.95 bits per heavy atom. The highest BCUT2D eigenvalue weighted by atomic mass is 19.1. The fourth-order valence-corrected chi connectivity index (χ4v) is 1.85. The summed E-state index contributed by atoms with van der Waals surface area (Å²) in [5, 5.41) is 6.24. The van der Waals surface area contributed by atoms with E-state index in [4.69, 9.17) is 4.42 Å². The van der Waals surface area contributed by atoms with E-state index >= 15 is 0 Å². The summed E-state index contributed by atoms with van der Waals surface area (Å²) in [4.78, 5) is 4.05. The van der Waals surface area contributed by atoms with Gasteiger partial charge in [-0.3, -0.25) is 0 Å². The molecule has 0 aromatic carbocycles. The van der Waals surface area contributed by atoms with Crippen LogP contribution in [0.4, 0.5) is 10.2 Å². The molecule has 0 fully saturated rings. The quantitative estimate of drug-likeness (QED) is 0.883. The Hall–Kier alpha value is -1.88. The molecule has 4 nitrogen and oxygen atoms in total. The van der Waals surface area contributed by atoms with Crippen LogP contribution in [0.3, 0.4) is 0 Å². The SMILES string of the molecule is Cc1ccc(CNc2nccc(CNC(C)(C)C)c2F)o1.